The summed E-state index contributed by atoms with van der Waals surface area (Å²) >= 11 is 0. The molecule has 0 bridgehead atoms. The molecule has 0 aromatic heterocycles. The zero-order valence-corrected chi connectivity index (χ0v) is 10.3. The Morgan fingerprint density at radius 1 is 1.59 bits per heavy atom. The molecule has 1 aliphatic heterocycles. The van der Waals surface area contributed by atoms with E-state index in [9.17, 15) is 4.79 Å². The molecule has 5 heteroatoms. The number of nitrogens with one attached hydrogen (secondary N) is 1. The Kier molecular flexibility index (Phi) is 6.60. The van der Waals surface area contributed by atoms with Crippen molar-refractivity contribution >= 4 is 5.91 Å². The average Bonchev–Trinajstić information content (AvgIpc) is 2.30. The van der Waals surface area contributed by atoms with E-state index in [-0.39, 0.29) is 5.91 Å². The molecule has 3 N–H and O–H groups in total. The fourth-order valence-corrected chi connectivity index (χ4v) is 2.28. The molecular weight excluding hydrogens is 216 g/mol. The summed E-state index contributed by atoms with van der Waals surface area (Å²) in [5.41, 5.74) is 5.56. The number of nitrogens with two attached hydrogens (primary N) is 1. The summed E-state index contributed by atoms with van der Waals surface area (Å²) in [5, 5.41) is 11.1. The Morgan fingerprint density at radius 3 is 3.12 bits per heavy atom. The molecule has 17 heavy (non-hydrogen) atoms. The van der Waals surface area contributed by atoms with Crippen LogP contribution in [0.15, 0.2) is 0 Å². The monoisotopic (exact) mass is 238 g/mol. The summed E-state index contributed by atoms with van der Waals surface area (Å²) < 4.78 is 0. The maximum Gasteiger partial charge on any atom is 0.234 e. The first kappa shape index (κ1) is 13.9. The molecule has 1 amide bonds. The Hall–Kier alpha value is -1.12. The molecule has 1 atom stereocenters. The molecule has 1 heterocycles. The topological polar surface area (TPSA) is 82.2 Å². The van der Waals surface area contributed by atoms with Crippen molar-refractivity contribution in [3.8, 4) is 6.07 Å². The quantitative estimate of drug-likeness (QED) is 0.642. The van der Waals surface area contributed by atoms with Crippen LogP contribution in [0, 0.1) is 17.2 Å². The fraction of sp³-hybridized carbons (Fsp3) is 0.833. The first-order valence-electron chi connectivity index (χ1n) is 6.32. The van der Waals surface area contributed by atoms with E-state index in [1.807, 2.05) is 6.07 Å². The number of hydrogen-bond donors (Lipinski definition) is 2. The van der Waals surface area contributed by atoms with Gasteiger partial charge in [0.15, 0.2) is 0 Å². The van der Waals surface area contributed by atoms with Crippen molar-refractivity contribution in [1.29, 1.82) is 5.26 Å². The van der Waals surface area contributed by atoms with Crippen LogP contribution in [0.5, 0.6) is 0 Å². The number of carbonyl (C=O) groups excluding carboxylic acids is 1. The smallest absolute Gasteiger partial charge is 0.234 e. The summed E-state index contributed by atoms with van der Waals surface area (Å²) in [6.45, 7) is 3.60. The third kappa shape index (κ3) is 5.66. The van der Waals surface area contributed by atoms with Gasteiger partial charge >= 0.3 is 0 Å². The molecule has 1 rings (SSSR count). The minimum Gasteiger partial charge on any atom is -0.354 e. The van der Waals surface area contributed by atoms with Gasteiger partial charge in [-0.3, -0.25) is 9.69 Å². The molecule has 1 fully saturated rings. The Bertz CT molecular complexity index is 272. The predicted molar refractivity (Wildman–Crippen MR) is 66.1 cm³/mol. The number of piperidine rings is 1. The second-order valence-electron chi connectivity index (χ2n) is 4.58. The van der Waals surface area contributed by atoms with Crippen LogP contribution >= 0.6 is 0 Å². The van der Waals surface area contributed by atoms with Gasteiger partial charge in [-0.25, -0.2) is 0 Å². The van der Waals surface area contributed by atoms with Crippen LogP contribution in [-0.2, 0) is 4.79 Å². The van der Waals surface area contributed by atoms with E-state index < -0.39 is 0 Å². The second-order valence-corrected chi connectivity index (χ2v) is 4.58. The molecule has 1 saturated heterocycles. The van der Waals surface area contributed by atoms with E-state index in [1.165, 1.54) is 6.42 Å². The van der Waals surface area contributed by atoms with Gasteiger partial charge in [-0.05, 0) is 38.3 Å². The van der Waals surface area contributed by atoms with Gasteiger partial charge in [-0.1, -0.05) is 0 Å². The van der Waals surface area contributed by atoms with E-state index in [4.69, 9.17) is 11.0 Å². The highest BCUT2D eigenvalue weighted by molar-refractivity contribution is 5.78. The normalized spacial score (nSPS) is 20.8. The number of nitrogens with zero attached hydrogens (tertiary/aromatic N) is 2. The van der Waals surface area contributed by atoms with Crippen molar-refractivity contribution in [3.05, 3.63) is 0 Å². The summed E-state index contributed by atoms with van der Waals surface area (Å²) in [6, 6.07) is 2.01. The highest BCUT2D eigenvalue weighted by atomic mass is 16.2. The number of hydrogen-bond acceptors (Lipinski definition) is 4. The van der Waals surface area contributed by atoms with Crippen molar-refractivity contribution in [3.63, 3.8) is 0 Å². The lowest BCUT2D eigenvalue weighted by Gasteiger charge is -2.32. The molecule has 0 aromatic rings. The standard InChI is InChI=1S/C12H22N4O/c13-5-2-7-15-12(17)10-16-8-1-3-11(9-16)4-6-14/h11H,1-4,6-10,14H2,(H,15,17). The number of nitriles is 1. The molecule has 0 spiro atoms. The van der Waals surface area contributed by atoms with Crippen LogP contribution in [0.4, 0.5) is 0 Å². The van der Waals surface area contributed by atoms with Crippen molar-refractivity contribution in [2.24, 2.45) is 11.7 Å². The average molecular weight is 238 g/mol. The number of rotatable bonds is 6. The summed E-state index contributed by atoms with van der Waals surface area (Å²) in [7, 11) is 0. The van der Waals surface area contributed by atoms with Gasteiger partial charge in [0.05, 0.1) is 19.0 Å². The number of likely N-dealkylation sites (tertiary alicyclic amines) is 1. The van der Waals surface area contributed by atoms with Gasteiger partial charge < -0.3 is 11.1 Å². The SMILES string of the molecule is N#CCCNC(=O)CN1CCCC(CCN)C1. The number of carbonyl (C=O) groups is 1. The summed E-state index contributed by atoms with van der Waals surface area (Å²) in [5.74, 6) is 0.661. The van der Waals surface area contributed by atoms with Crippen molar-refractivity contribution in [2.75, 3.05) is 32.7 Å². The van der Waals surface area contributed by atoms with E-state index >= 15 is 0 Å². The number of amides is 1. The highest BCUT2D eigenvalue weighted by Crippen LogP contribution is 2.18. The first-order valence-corrected chi connectivity index (χ1v) is 6.32. The lowest BCUT2D eigenvalue weighted by Crippen LogP contribution is -2.43. The minimum atomic E-state index is 0.0219. The molecule has 1 aliphatic rings. The van der Waals surface area contributed by atoms with E-state index in [0.29, 0.717) is 25.4 Å². The van der Waals surface area contributed by atoms with Gasteiger partial charge in [0.25, 0.3) is 0 Å². The van der Waals surface area contributed by atoms with Crippen molar-refractivity contribution < 1.29 is 4.79 Å². The Balaban J connectivity index is 2.21. The maximum atomic E-state index is 11.6. The largest absolute Gasteiger partial charge is 0.354 e. The van der Waals surface area contributed by atoms with Crippen LogP contribution in [0.1, 0.15) is 25.7 Å². The first-order chi connectivity index (χ1) is 8.26. The molecule has 96 valence electrons. The predicted octanol–water partition coefficient (Wildman–Crippen LogP) is 0.0771. The zero-order valence-electron chi connectivity index (χ0n) is 10.3. The van der Waals surface area contributed by atoms with Gasteiger partial charge in [-0.15, -0.1) is 0 Å². The Morgan fingerprint density at radius 2 is 2.41 bits per heavy atom. The van der Waals surface area contributed by atoms with Gasteiger partial charge in [0.1, 0.15) is 0 Å². The van der Waals surface area contributed by atoms with E-state index in [1.54, 1.807) is 0 Å². The second kappa shape index (κ2) is 8.04. The summed E-state index contributed by atoms with van der Waals surface area (Å²) in [6.07, 6.45) is 3.80. The minimum absolute atomic E-state index is 0.0219. The third-order valence-electron chi connectivity index (χ3n) is 3.10. The van der Waals surface area contributed by atoms with Gasteiger partial charge in [-0.2, -0.15) is 5.26 Å². The van der Waals surface area contributed by atoms with Crippen LogP contribution in [-0.4, -0.2) is 43.5 Å². The van der Waals surface area contributed by atoms with Gasteiger partial charge in [0, 0.05) is 13.1 Å². The van der Waals surface area contributed by atoms with Crippen LogP contribution in [0.25, 0.3) is 0 Å². The van der Waals surface area contributed by atoms with Crippen molar-refractivity contribution in [2.45, 2.75) is 25.7 Å². The maximum absolute atomic E-state index is 11.6. The Labute approximate surface area is 103 Å². The van der Waals surface area contributed by atoms with Crippen molar-refractivity contribution in [1.82, 2.24) is 10.2 Å². The lowest BCUT2D eigenvalue weighted by atomic mass is 9.95. The molecule has 0 saturated carbocycles. The third-order valence-corrected chi connectivity index (χ3v) is 3.10. The molecule has 1 unspecified atom stereocenters. The van der Waals surface area contributed by atoms with E-state index in [2.05, 4.69) is 10.2 Å². The van der Waals surface area contributed by atoms with Crippen LogP contribution in [0.3, 0.4) is 0 Å². The van der Waals surface area contributed by atoms with E-state index in [0.717, 1.165) is 32.5 Å². The molecule has 0 radical (unpaired) electrons. The van der Waals surface area contributed by atoms with Gasteiger partial charge in [0.2, 0.25) is 5.91 Å². The molecular formula is C12H22N4O. The van der Waals surface area contributed by atoms with Crippen LogP contribution in [0.2, 0.25) is 0 Å². The highest BCUT2D eigenvalue weighted by Gasteiger charge is 2.20. The van der Waals surface area contributed by atoms with Crippen LogP contribution < -0.4 is 11.1 Å². The lowest BCUT2D eigenvalue weighted by molar-refractivity contribution is -0.122. The zero-order chi connectivity index (χ0) is 12.5. The molecule has 0 aromatic carbocycles. The molecule has 5 nitrogen and oxygen atoms in total. The summed E-state index contributed by atoms with van der Waals surface area (Å²) in [4.78, 5) is 13.7. The molecule has 0 aliphatic carbocycles. The fourth-order valence-electron chi connectivity index (χ4n) is 2.28.